The Hall–Kier alpha value is -2.29. The van der Waals surface area contributed by atoms with Gasteiger partial charge in [0.2, 0.25) is 0 Å². The van der Waals surface area contributed by atoms with Gasteiger partial charge in [0.05, 0.1) is 11.2 Å². The molecular formula is C27H27B2O2. The summed E-state index contributed by atoms with van der Waals surface area (Å²) in [6.45, 7) is 7.36. The summed E-state index contributed by atoms with van der Waals surface area (Å²) in [6.07, 6.45) is 1.96. The van der Waals surface area contributed by atoms with Crippen LogP contribution in [0.15, 0.2) is 60.7 Å². The van der Waals surface area contributed by atoms with Crippen molar-refractivity contribution >= 4 is 26.3 Å². The van der Waals surface area contributed by atoms with Crippen LogP contribution in [-0.2, 0) is 22.9 Å². The zero-order chi connectivity index (χ0) is 22.0. The van der Waals surface area contributed by atoms with E-state index in [1.54, 1.807) is 21.3 Å². The molecule has 3 aromatic carbocycles. The van der Waals surface area contributed by atoms with Crippen molar-refractivity contribution < 1.29 is 9.76 Å². The first-order chi connectivity index (χ1) is 14.6. The highest BCUT2D eigenvalue weighted by molar-refractivity contribution is 6.47. The molecule has 0 unspecified atom stereocenters. The van der Waals surface area contributed by atoms with Crippen molar-refractivity contribution in [3.05, 3.63) is 82.9 Å². The number of fused-ring (bicyclic) bond motifs is 6. The van der Waals surface area contributed by atoms with Crippen LogP contribution in [0.2, 0.25) is 0 Å². The van der Waals surface area contributed by atoms with Gasteiger partial charge in [0.25, 0.3) is 0 Å². The second-order valence-corrected chi connectivity index (χ2v) is 10.1. The van der Waals surface area contributed by atoms with E-state index in [9.17, 15) is 5.11 Å². The smallest absolute Gasteiger partial charge is 0.330 e. The van der Waals surface area contributed by atoms with Gasteiger partial charge in [-0.25, -0.2) is 0 Å². The Morgan fingerprint density at radius 2 is 1.45 bits per heavy atom. The Bertz CT molecular complexity index is 1150. The van der Waals surface area contributed by atoms with Crippen LogP contribution in [0.5, 0.6) is 0 Å². The molecule has 0 heterocycles. The predicted octanol–water partition coefficient (Wildman–Crippen LogP) is 3.36. The van der Waals surface area contributed by atoms with Crippen LogP contribution in [0, 0.1) is 0 Å². The third kappa shape index (κ3) is 3.20. The van der Waals surface area contributed by atoms with Crippen LogP contribution in [0.3, 0.4) is 0 Å². The van der Waals surface area contributed by atoms with Crippen LogP contribution >= 0.6 is 0 Å². The minimum absolute atomic E-state index is 0.0979. The molecule has 3 aromatic rings. The van der Waals surface area contributed by atoms with Crippen LogP contribution in [0.25, 0.3) is 11.1 Å². The lowest BCUT2D eigenvalue weighted by atomic mass is 9.72. The van der Waals surface area contributed by atoms with Gasteiger partial charge in [0, 0.05) is 5.41 Å². The number of hydrogen-bond acceptors (Lipinski definition) is 2. The number of aliphatic hydroxyl groups is 1. The second-order valence-electron chi connectivity index (χ2n) is 10.1. The fraction of sp³-hybridized carbons (Fsp3) is 0.333. The molecule has 0 aromatic heterocycles. The van der Waals surface area contributed by atoms with Gasteiger partial charge < -0.3 is 9.76 Å². The average molecular weight is 405 g/mol. The van der Waals surface area contributed by atoms with Crippen molar-refractivity contribution in [2.24, 2.45) is 0 Å². The molecule has 0 atom stereocenters. The largest absolute Gasteiger partial charge is 0.427 e. The third-order valence-electron chi connectivity index (χ3n) is 7.47. The van der Waals surface area contributed by atoms with Crippen molar-refractivity contribution in [3.63, 3.8) is 0 Å². The molecule has 3 radical (unpaired) electrons. The van der Waals surface area contributed by atoms with E-state index in [2.05, 4.69) is 54.6 Å². The molecule has 0 saturated heterocycles. The summed E-state index contributed by atoms with van der Waals surface area (Å²) in [6, 6.07) is 21.6. The first kappa shape index (κ1) is 20.6. The maximum atomic E-state index is 10.4. The summed E-state index contributed by atoms with van der Waals surface area (Å²) >= 11 is 0. The van der Waals surface area contributed by atoms with Gasteiger partial charge in [0.15, 0.2) is 0 Å². The normalized spacial score (nSPS) is 16.2. The predicted molar refractivity (Wildman–Crippen MR) is 129 cm³/mol. The van der Waals surface area contributed by atoms with E-state index in [4.69, 9.17) is 12.5 Å². The van der Waals surface area contributed by atoms with Crippen LogP contribution in [0.4, 0.5) is 0 Å². The Morgan fingerprint density at radius 3 is 2.06 bits per heavy atom. The van der Waals surface area contributed by atoms with Crippen molar-refractivity contribution in [3.8, 4) is 11.1 Å². The van der Waals surface area contributed by atoms with Gasteiger partial charge in [-0.1, -0.05) is 71.6 Å². The fourth-order valence-electron chi connectivity index (χ4n) is 4.96. The van der Waals surface area contributed by atoms with E-state index in [-0.39, 0.29) is 5.41 Å². The second kappa shape index (κ2) is 6.85. The van der Waals surface area contributed by atoms with Gasteiger partial charge in [-0.15, -0.1) is 0 Å². The maximum Gasteiger partial charge on any atom is 0.330 e. The summed E-state index contributed by atoms with van der Waals surface area (Å²) in [7, 11) is 8.02. The van der Waals surface area contributed by atoms with Crippen molar-refractivity contribution in [2.45, 2.75) is 57.2 Å². The van der Waals surface area contributed by atoms with E-state index in [1.807, 2.05) is 19.9 Å². The van der Waals surface area contributed by atoms with E-state index in [1.165, 1.54) is 33.4 Å². The Labute approximate surface area is 187 Å². The van der Waals surface area contributed by atoms with Gasteiger partial charge in [-0.3, -0.25) is 0 Å². The SMILES string of the molecule is [B]c1ccc2c(c1)C1(Cc3ccccc3C1)c1cc([B]OC(C)(C)C(C)(C)O)ccc1-2. The highest BCUT2D eigenvalue weighted by atomic mass is 16.5. The fourth-order valence-corrected chi connectivity index (χ4v) is 4.96. The Morgan fingerprint density at radius 1 is 0.871 bits per heavy atom. The minimum Gasteiger partial charge on any atom is -0.427 e. The van der Waals surface area contributed by atoms with E-state index in [0.717, 1.165) is 23.8 Å². The standard InChI is InChI=1S/C27H27B2O2/c1-25(2,30)26(3,4)31-29-20-10-12-22-21-11-9-19(28)13-23(21)27(24(22)14-20)15-17-7-5-6-8-18(17)16-27/h5-14,30H,15-16H2,1-4H3. The third-order valence-corrected chi connectivity index (χ3v) is 7.47. The summed E-state index contributed by atoms with van der Waals surface area (Å²) in [5.41, 5.74) is 8.11. The van der Waals surface area contributed by atoms with Crippen LogP contribution in [-0.4, -0.2) is 31.6 Å². The summed E-state index contributed by atoms with van der Waals surface area (Å²) < 4.78 is 6.05. The lowest BCUT2D eigenvalue weighted by molar-refractivity contribution is -0.0893. The number of rotatable bonds is 4. The van der Waals surface area contributed by atoms with Crippen LogP contribution in [0.1, 0.15) is 49.9 Å². The summed E-state index contributed by atoms with van der Waals surface area (Å²) in [5.74, 6) is 0. The summed E-state index contributed by atoms with van der Waals surface area (Å²) in [4.78, 5) is 0. The molecule has 0 fully saturated rings. The Kier molecular flexibility index (Phi) is 4.55. The van der Waals surface area contributed by atoms with E-state index < -0.39 is 11.2 Å². The highest BCUT2D eigenvalue weighted by Gasteiger charge is 2.47. The lowest BCUT2D eigenvalue weighted by Crippen LogP contribution is -2.49. The van der Waals surface area contributed by atoms with Crippen molar-refractivity contribution in [1.82, 2.24) is 0 Å². The molecule has 153 valence electrons. The zero-order valence-corrected chi connectivity index (χ0v) is 18.7. The molecule has 4 heteroatoms. The van der Waals surface area contributed by atoms with Gasteiger partial charge in [-0.2, -0.15) is 0 Å². The summed E-state index contributed by atoms with van der Waals surface area (Å²) in [5, 5.41) is 10.4. The first-order valence-corrected chi connectivity index (χ1v) is 11.0. The molecule has 2 nitrogen and oxygen atoms in total. The first-order valence-electron chi connectivity index (χ1n) is 11.0. The monoisotopic (exact) mass is 405 g/mol. The number of benzene rings is 3. The molecule has 1 N–H and O–H groups in total. The van der Waals surface area contributed by atoms with E-state index >= 15 is 0 Å². The molecule has 0 amide bonds. The Balaban J connectivity index is 1.58. The molecule has 2 aliphatic rings. The quantitative estimate of drug-likeness (QED) is 0.675. The lowest BCUT2D eigenvalue weighted by Gasteiger charge is -2.37. The van der Waals surface area contributed by atoms with Gasteiger partial charge in [0.1, 0.15) is 7.85 Å². The highest BCUT2D eigenvalue weighted by Crippen LogP contribution is 2.54. The van der Waals surface area contributed by atoms with Gasteiger partial charge in [-0.05, 0) is 73.9 Å². The van der Waals surface area contributed by atoms with E-state index in [0.29, 0.717) is 0 Å². The molecule has 0 saturated carbocycles. The maximum absolute atomic E-state index is 10.4. The number of hydrogen-bond donors (Lipinski definition) is 1. The zero-order valence-electron chi connectivity index (χ0n) is 18.7. The van der Waals surface area contributed by atoms with Crippen molar-refractivity contribution in [2.75, 3.05) is 0 Å². The molecule has 2 aliphatic carbocycles. The molecule has 0 aliphatic heterocycles. The molecule has 0 bridgehead atoms. The molecule has 31 heavy (non-hydrogen) atoms. The molecule has 5 rings (SSSR count). The topological polar surface area (TPSA) is 29.5 Å². The molecule has 1 spiro atoms. The van der Waals surface area contributed by atoms with Crippen LogP contribution < -0.4 is 10.9 Å². The van der Waals surface area contributed by atoms with Crippen molar-refractivity contribution in [1.29, 1.82) is 0 Å². The average Bonchev–Trinajstić information content (AvgIpc) is 3.22. The minimum atomic E-state index is -0.956. The molecular weight excluding hydrogens is 378 g/mol. The van der Waals surface area contributed by atoms with Gasteiger partial charge >= 0.3 is 7.48 Å².